The molecule has 0 aromatic heterocycles. The monoisotopic (exact) mass is 565 g/mol. The smallest absolute Gasteiger partial charge is 0.307 e. The molecule has 1 amide bonds. The van der Waals surface area contributed by atoms with Crippen molar-refractivity contribution in [3.05, 3.63) is 58.5 Å². The zero-order valence-corrected chi connectivity index (χ0v) is 23.9. The third kappa shape index (κ3) is 9.94. The van der Waals surface area contributed by atoms with E-state index in [4.69, 9.17) is 0 Å². The molecule has 0 spiro atoms. The lowest BCUT2D eigenvalue weighted by atomic mass is 9.80. The topological polar surface area (TPSA) is 138 Å². The van der Waals surface area contributed by atoms with Gasteiger partial charge in [-0.1, -0.05) is 55.8 Å². The van der Waals surface area contributed by atoms with Crippen molar-refractivity contribution in [2.75, 3.05) is 23.8 Å². The number of nitrogens with one attached hydrogen (secondary N) is 1. The number of hydrogen-bond acceptors (Lipinski definition) is 6. The first-order valence-corrected chi connectivity index (χ1v) is 15.7. The molecule has 1 aliphatic rings. The molecule has 0 saturated heterocycles. The lowest BCUT2D eigenvalue weighted by molar-refractivity contribution is -0.150. The van der Waals surface area contributed by atoms with E-state index in [1.807, 2.05) is 50.3 Å². The predicted octanol–water partition coefficient (Wildman–Crippen LogP) is 4.50. The summed E-state index contributed by atoms with van der Waals surface area (Å²) in [5.41, 5.74) is 2.14. The van der Waals surface area contributed by atoms with Gasteiger partial charge in [0, 0.05) is 28.9 Å². The van der Waals surface area contributed by atoms with Crippen LogP contribution in [0.25, 0.3) is 0 Å². The molecule has 38 heavy (non-hydrogen) atoms. The van der Waals surface area contributed by atoms with Crippen molar-refractivity contribution in [2.24, 2.45) is 17.8 Å². The number of benzene rings is 1. The highest BCUT2D eigenvalue weighted by molar-refractivity contribution is 8.01. The molecule has 0 heterocycles. The Hall–Kier alpha value is -2.59. The molecule has 4 unspecified atom stereocenters. The first-order valence-electron chi connectivity index (χ1n) is 12.9. The van der Waals surface area contributed by atoms with Crippen molar-refractivity contribution in [3.8, 4) is 0 Å². The number of carbonyl (C=O) groups is 3. The molecule has 0 fully saturated rings. The fourth-order valence-electron chi connectivity index (χ4n) is 4.44. The summed E-state index contributed by atoms with van der Waals surface area (Å²) in [7, 11) is -3.29. The van der Waals surface area contributed by atoms with E-state index in [0.29, 0.717) is 22.8 Å². The molecule has 0 bridgehead atoms. The van der Waals surface area contributed by atoms with Crippen molar-refractivity contribution in [1.82, 2.24) is 5.32 Å². The number of amides is 1. The number of hydrogen-bond donors (Lipinski definition) is 3. The van der Waals surface area contributed by atoms with E-state index in [1.54, 1.807) is 6.08 Å². The van der Waals surface area contributed by atoms with E-state index in [-0.39, 0.29) is 31.1 Å². The van der Waals surface area contributed by atoms with Crippen LogP contribution in [0.1, 0.15) is 57.9 Å². The summed E-state index contributed by atoms with van der Waals surface area (Å²) in [6, 6.07) is 9.44. The Morgan fingerprint density at radius 1 is 0.974 bits per heavy atom. The molecule has 1 aromatic rings. The van der Waals surface area contributed by atoms with Gasteiger partial charge in [0.05, 0.1) is 17.6 Å². The molecule has 0 radical (unpaired) electrons. The number of allylic oxidation sites excluding steroid dienone is 4. The third-order valence-electron chi connectivity index (χ3n) is 6.99. The standard InChI is InChI=1S/C28H39NO7S2/c1-19-9-11-24(12-10-19)38(35,36)16-15-37-14-13-29-26(30)21(3)25(28(33)34)18-23(27(31)32)17-20(2)22-7-5-4-6-8-22/h4-9,11,20-21,23,25H,10,12-18H2,1-3H3,(H,29,30)(H,31,32)(H,33,34). The van der Waals surface area contributed by atoms with Gasteiger partial charge in [-0.3, -0.25) is 14.4 Å². The number of carboxylic acids is 2. The van der Waals surface area contributed by atoms with Gasteiger partial charge in [0.25, 0.3) is 0 Å². The summed E-state index contributed by atoms with van der Waals surface area (Å²) in [4.78, 5) is 37.0. The van der Waals surface area contributed by atoms with Gasteiger partial charge in [-0.2, -0.15) is 11.8 Å². The highest BCUT2D eigenvalue weighted by Crippen LogP contribution is 2.30. The molecule has 0 aliphatic heterocycles. The minimum absolute atomic E-state index is 0.0276. The van der Waals surface area contributed by atoms with Crippen LogP contribution in [0.4, 0.5) is 0 Å². The van der Waals surface area contributed by atoms with E-state index < -0.39 is 45.4 Å². The predicted molar refractivity (Wildman–Crippen MR) is 151 cm³/mol. The van der Waals surface area contributed by atoms with Gasteiger partial charge < -0.3 is 15.5 Å². The van der Waals surface area contributed by atoms with Crippen LogP contribution in [0.5, 0.6) is 0 Å². The molecule has 1 aromatic carbocycles. The van der Waals surface area contributed by atoms with Crippen LogP contribution in [0.2, 0.25) is 0 Å². The Bertz CT molecular complexity index is 1130. The quantitative estimate of drug-likeness (QED) is 0.249. The number of aliphatic carboxylic acids is 2. The summed E-state index contributed by atoms with van der Waals surface area (Å²) >= 11 is 1.40. The summed E-state index contributed by atoms with van der Waals surface area (Å²) in [6.07, 6.45) is 4.92. The van der Waals surface area contributed by atoms with Gasteiger partial charge in [0.2, 0.25) is 5.91 Å². The Labute approximate surface area is 229 Å². The maximum Gasteiger partial charge on any atom is 0.307 e. The number of sulfone groups is 1. The highest BCUT2D eigenvalue weighted by atomic mass is 32.2. The Morgan fingerprint density at radius 2 is 1.66 bits per heavy atom. The number of thioether (sulfide) groups is 1. The Balaban J connectivity index is 1.82. The highest BCUT2D eigenvalue weighted by Gasteiger charge is 2.35. The fourth-order valence-corrected chi connectivity index (χ4v) is 7.19. The summed E-state index contributed by atoms with van der Waals surface area (Å²) in [5.74, 6) is -4.87. The Kier molecular flexibility index (Phi) is 12.6. The van der Waals surface area contributed by atoms with E-state index in [2.05, 4.69) is 5.32 Å². The van der Waals surface area contributed by atoms with Crippen LogP contribution in [-0.2, 0) is 24.2 Å². The van der Waals surface area contributed by atoms with Gasteiger partial charge in [-0.25, -0.2) is 8.42 Å². The number of rotatable bonds is 16. The average Bonchev–Trinajstić information content (AvgIpc) is 2.88. The van der Waals surface area contributed by atoms with Gasteiger partial charge in [-0.05, 0) is 50.2 Å². The van der Waals surface area contributed by atoms with Crippen LogP contribution in [-0.4, -0.2) is 60.3 Å². The molecular weight excluding hydrogens is 526 g/mol. The molecule has 10 heteroatoms. The van der Waals surface area contributed by atoms with Gasteiger partial charge in [0.15, 0.2) is 9.84 Å². The van der Waals surface area contributed by atoms with Crippen LogP contribution in [0.3, 0.4) is 0 Å². The lowest BCUT2D eigenvalue weighted by Crippen LogP contribution is -2.39. The van der Waals surface area contributed by atoms with Crippen molar-refractivity contribution in [2.45, 2.75) is 52.4 Å². The maximum atomic E-state index is 12.7. The minimum atomic E-state index is -3.29. The SMILES string of the molecule is CC1=CC=C(S(=O)(=O)CCSCCNC(=O)C(C)C(CC(CC(C)c2ccccc2)C(=O)O)C(=O)O)CC1. The van der Waals surface area contributed by atoms with E-state index >= 15 is 0 Å². The van der Waals surface area contributed by atoms with Crippen molar-refractivity contribution in [3.63, 3.8) is 0 Å². The summed E-state index contributed by atoms with van der Waals surface area (Å²) in [6.45, 7) is 5.64. The van der Waals surface area contributed by atoms with Crippen molar-refractivity contribution >= 4 is 39.4 Å². The second kappa shape index (κ2) is 15.1. The molecule has 3 N–H and O–H groups in total. The fraction of sp³-hybridized carbons (Fsp3) is 0.536. The van der Waals surface area contributed by atoms with Crippen molar-refractivity contribution in [1.29, 1.82) is 0 Å². The number of carboxylic acid groups (broad SMARTS) is 2. The van der Waals surface area contributed by atoms with Crippen LogP contribution < -0.4 is 5.32 Å². The van der Waals surface area contributed by atoms with E-state index in [9.17, 15) is 33.0 Å². The first kappa shape index (κ1) is 31.6. The largest absolute Gasteiger partial charge is 0.481 e. The lowest BCUT2D eigenvalue weighted by Gasteiger charge is -2.24. The molecule has 1 aliphatic carbocycles. The normalized spacial score (nSPS) is 16.9. The molecule has 4 atom stereocenters. The molecule has 0 saturated carbocycles. The zero-order chi connectivity index (χ0) is 28.3. The molecule has 8 nitrogen and oxygen atoms in total. The van der Waals surface area contributed by atoms with Crippen LogP contribution in [0, 0.1) is 17.8 Å². The van der Waals surface area contributed by atoms with E-state index in [0.717, 1.165) is 17.6 Å². The van der Waals surface area contributed by atoms with Gasteiger partial charge >= 0.3 is 11.9 Å². The van der Waals surface area contributed by atoms with Gasteiger partial charge in [0.1, 0.15) is 0 Å². The molecule has 2 rings (SSSR count). The van der Waals surface area contributed by atoms with Crippen LogP contribution >= 0.6 is 11.8 Å². The minimum Gasteiger partial charge on any atom is -0.481 e. The zero-order valence-electron chi connectivity index (χ0n) is 22.3. The van der Waals surface area contributed by atoms with Gasteiger partial charge in [-0.15, -0.1) is 0 Å². The van der Waals surface area contributed by atoms with Crippen LogP contribution in [0.15, 0.2) is 53.0 Å². The summed E-state index contributed by atoms with van der Waals surface area (Å²) < 4.78 is 24.9. The Morgan fingerprint density at radius 3 is 2.24 bits per heavy atom. The molecule has 210 valence electrons. The first-order chi connectivity index (χ1) is 17.9. The maximum absolute atomic E-state index is 12.7. The number of carbonyl (C=O) groups excluding carboxylic acids is 1. The van der Waals surface area contributed by atoms with Crippen molar-refractivity contribution < 1.29 is 33.0 Å². The second-order valence-corrected chi connectivity index (χ2v) is 13.3. The molecular formula is C28H39NO7S2. The van der Waals surface area contributed by atoms with E-state index in [1.165, 1.54) is 18.7 Å². The average molecular weight is 566 g/mol. The summed E-state index contributed by atoms with van der Waals surface area (Å²) in [5, 5.41) is 22.2. The third-order valence-corrected chi connectivity index (χ3v) is 10.1. The second-order valence-electron chi connectivity index (χ2n) is 9.92.